The van der Waals surface area contributed by atoms with Gasteiger partial charge in [-0.25, -0.2) is 4.79 Å². The van der Waals surface area contributed by atoms with E-state index in [0.29, 0.717) is 19.4 Å². The van der Waals surface area contributed by atoms with Crippen LogP contribution in [-0.2, 0) is 46.5 Å². The van der Waals surface area contributed by atoms with Gasteiger partial charge in [0.2, 0.25) is 23.6 Å². The highest BCUT2D eigenvalue weighted by Gasteiger charge is 2.22. The number of benzene rings is 2. The zero-order valence-corrected chi connectivity index (χ0v) is 26.0. The summed E-state index contributed by atoms with van der Waals surface area (Å²) in [6.07, 6.45) is 0.718. The van der Waals surface area contributed by atoms with Crippen LogP contribution >= 0.6 is 0 Å². The number of carbonyl (C=O) groups excluding carboxylic acids is 6. The van der Waals surface area contributed by atoms with Gasteiger partial charge in [0, 0.05) is 19.4 Å². The van der Waals surface area contributed by atoms with Gasteiger partial charge in [-0.2, -0.15) is 0 Å². The number of nitrogens with one attached hydrogen (secondary N) is 5. The predicted octanol–water partition coefficient (Wildman–Crippen LogP) is 1.50. The van der Waals surface area contributed by atoms with Crippen LogP contribution in [0.25, 0.3) is 0 Å². The van der Waals surface area contributed by atoms with E-state index < -0.39 is 61.0 Å². The minimum atomic E-state index is -0.911. The summed E-state index contributed by atoms with van der Waals surface area (Å²) in [6.45, 7) is 4.31. The van der Waals surface area contributed by atoms with Gasteiger partial charge in [0.25, 0.3) is 0 Å². The second-order valence-electron chi connectivity index (χ2n) is 11.1. The predicted molar refractivity (Wildman–Crippen MR) is 165 cm³/mol. The Morgan fingerprint density at radius 1 is 0.689 bits per heavy atom. The van der Waals surface area contributed by atoms with Crippen molar-refractivity contribution >= 4 is 35.7 Å². The number of esters is 1. The molecule has 5 amide bonds. The van der Waals surface area contributed by atoms with Crippen LogP contribution in [-0.4, -0.2) is 73.5 Å². The highest BCUT2D eigenvalue weighted by atomic mass is 16.6. The lowest BCUT2D eigenvalue weighted by Crippen LogP contribution is -2.51. The number of hydrogen-bond donors (Lipinski definition) is 5. The first kappa shape index (κ1) is 36.3. The fourth-order valence-corrected chi connectivity index (χ4v) is 3.79. The number of rotatable bonds is 17. The Balaban J connectivity index is 1.72. The molecular formula is C32H43N5O8. The standard InChI is InChI=1S/C32H43N5O8/c1-32(2,3)45-31(43)36-20-27(39)34-19-26(38)35-21-28(40)37-25(18-23-12-6-4-7-13-23)30(42)33-17-11-10-16-29(41)44-22-24-14-8-5-9-15-24/h4-9,12-15,25H,10-11,16-22H2,1-3H3,(H,33,42)(H,34,39)(H,35,38)(H,36,43)(H,37,40)/t25-/m0/s1. The Bertz CT molecular complexity index is 1270. The zero-order valence-electron chi connectivity index (χ0n) is 26.0. The molecule has 2 rings (SSSR count). The van der Waals surface area contributed by atoms with E-state index in [1.54, 1.807) is 20.8 Å². The van der Waals surface area contributed by atoms with Crippen molar-refractivity contribution in [1.82, 2.24) is 26.6 Å². The molecule has 0 bridgehead atoms. The molecule has 0 fully saturated rings. The van der Waals surface area contributed by atoms with Crippen molar-refractivity contribution < 1.29 is 38.2 Å². The smallest absolute Gasteiger partial charge is 0.408 e. The first-order chi connectivity index (χ1) is 21.4. The van der Waals surface area contributed by atoms with Crippen LogP contribution in [0.5, 0.6) is 0 Å². The summed E-state index contributed by atoms with van der Waals surface area (Å²) in [7, 11) is 0. The minimum Gasteiger partial charge on any atom is -0.461 e. The van der Waals surface area contributed by atoms with E-state index >= 15 is 0 Å². The summed E-state index contributed by atoms with van der Waals surface area (Å²) in [5.74, 6) is -2.59. The summed E-state index contributed by atoms with van der Waals surface area (Å²) in [5.41, 5.74) is 1.01. The molecule has 0 aliphatic heterocycles. The average molecular weight is 626 g/mol. The average Bonchev–Trinajstić information content (AvgIpc) is 3.00. The molecule has 244 valence electrons. The Morgan fingerprint density at radius 3 is 1.84 bits per heavy atom. The Kier molecular flexibility index (Phi) is 15.6. The second kappa shape index (κ2) is 19.4. The van der Waals surface area contributed by atoms with Gasteiger partial charge in [-0.15, -0.1) is 0 Å². The third-order valence-corrected chi connectivity index (χ3v) is 5.97. The van der Waals surface area contributed by atoms with Crippen molar-refractivity contribution in [3.8, 4) is 0 Å². The maximum absolute atomic E-state index is 13.0. The lowest BCUT2D eigenvalue weighted by Gasteiger charge is -2.19. The number of hydrogen-bond acceptors (Lipinski definition) is 8. The zero-order chi connectivity index (χ0) is 33.1. The fourth-order valence-electron chi connectivity index (χ4n) is 3.79. The largest absolute Gasteiger partial charge is 0.461 e. The molecule has 0 aliphatic carbocycles. The van der Waals surface area contributed by atoms with Crippen LogP contribution in [0.15, 0.2) is 60.7 Å². The van der Waals surface area contributed by atoms with Gasteiger partial charge in [0.15, 0.2) is 0 Å². The third kappa shape index (κ3) is 17.1. The molecule has 0 aromatic heterocycles. The highest BCUT2D eigenvalue weighted by molar-refractivity contribution is 5.91. The summed E-state index contributed by atoms with van der Waals surface area (Å²) in [4.78, 5) is 73.2. The molecule has 13 heteroatoms. The SMILES string of the molecule is CC(C)(C)OC(=O)NCC(=O)NCC(=O)NCC(=O)N[C@@H](Cc1ccccc1)C(=O)NCCCCC(=O)OCc1ccccc1. The molecule has 0 saturated carbocycles. The number of alkyl carbamates (subject to hydrolysis) is 1. The minimum absolute atomic E-state index is 0.208. The third-order valence-electron chi connectivity index (χ3n) is 5.97. The lowest BCUT2D eigenvalue weighted by molar-refractivity contribution is -0.145. The molecule has 13 nitrogen and oxygen atoms in total. The van der Waals surface area contributed by atoms with Crippen molar-refractivity contribution in [1.29, 1.82) is 0 Å². The van der Waals surface area contributed by atoms with Crippen molar-refractivity contribution in [2.45, 2.75) is 64.7 Å². The van der Waals surface area contributed by atoms with Gasteiger partial charge in [0.1, 0.15) is 24.8 Å². The molecule has 0 saturated heterocycles. The van der Waals surface area contributed by atoms with Crippen molar-refractivity contribution in [2.75, 3.05) is 26.2 Å². The van der Waals surface area contributed by atoms with E-state index in [1.807, 2.05) is 60.7 Å². The van der Waals surface area contributed by atoms with Gasteiger partial charge in [0.05, 0.1) is 13.1 Å². The van der Waals surface area contributed by atoms with Crippen molar-refractivity contribution in [3.05, 3.63) is 71.8 Å². The lowest BCUT2D eigenvalue weighted by atomic mass is 10.1. The summed E-state index contributed by atoms with van der Waals surface area (Å²) in [5, 5.41) is 12.4. The first-order valence-corrected chi connectivity index (χ1v) is 14.7. The first-order valence-electron chi connectivity index (χ1n) is 14.7. The fraction of sp³-hybridized carbons (Fsp3) is 0.438. The van der Waals surface area contributed by atoms with Gasteiger partial charge < -0.3 is 36.1 Å². The van der Waals surface area contributed by atoms with Gasteiger partial charge >= 0.3 is 12.1 Å². The highest BCUT2D eigenvalue weighted by Crippen LogP contribution is 2.07. The van der Waals surface area contributed by atoms with Crippen LogP contribution in [0, 0.1) is 0 Å². The van der Waals surface area contributed by atoms with Crippen LogP contribution in [0.1, 0.15) is 51.2 Å². The van der Waals surface area contributed by atoms with Crippen LogP contribution < -0.4 is 26.6 Å². The molecule has 1 atom stereocenters. The van der Waals surface area contributed by atoms with Crippen LogP contribution in [0.3, 0.4) is 0 Å². The number of unbranched alkanes of at least 4 members (excludes halogenated alkanes) is 1. The molecular weight excluding hydrogens is 582 g/mol. The molecule has 0 heterocycles. The topological polar surface area (TPSA) is 181 Å². The van der Waals surface area contributed by atoms with E-state index in [0.717, 1.165) is 11.1 Å². The van der Waals surface area contributed by atoms with E-state index in [2.05, 4.69) is 26.6 Å². The van der Waals surface area contributed by atoms with Crippen LogP contribution in [0.2, 0.25) is 0 Å². The Hall–Kier alpha value is -4.94. The summed E-state index contributed by atoms with van der Waals surface area (Å²) >= 11 is 0. The van der Waals surface area contributed by atoms with Crippen molar-refractivity contribution in [3.63, 3.8) is 0 Å². The molecule has 2 aromatic rings. The molecule has 0 radical (unpaired) electrons. The summed E-state index contributed by atoms with van der Waals surface area (Å²) in [6, 6.07) is 17.6. The van der Waals surface area contributed by atoms with E-state index in [1.165, 1.54) is 0 Å². The van der Waals surface area contributed by atoms with E-state index in [4.69, 9.17) is 9.47 Å². The van der Waals surface area contributed by atoms with Gasteiger partial charge in [-0.05, 0) is 44.7 Å². The molecule has 5 N–H and O–H groups in total. The van der Waals surface area contributed by atoms with Crippen LogP contribution in [0.4, 0.5) is 4.79 Å². The quantitative estimate of drug-likeness (QED) is 0.130. The normalized spacial score (nSPS) is 11.4. The number of carbonyl (C=O) groups is 6. The summed E-state index contributed by atoms with van der Waals surface area (Å²) < 4.78 is 10.3. The van der Waals surface area contributed by atoms with E-state index in [9.17, 15) is 28.8 Å². The molecule has 0 spiro atoms. The second-order valence-corrected chi connectivity index (χ2v) is 11.1. The monoisotopic (exact) mass is 625 g/mol. The molecule has 0 aliphatic rings. The van der Waals surface area contributed by atoms with Crippen molar-refractivity contribution in [2.24, 2.45) is 0 Å². The number of amides is 5. The van der Waals surface area contributed by atoms with Gasteiger partial charge in [-0.1, -0.05) is 60.7 Å². The molecule has 45 heavy (non-hydrogen) atoms. The molecule has 0 unspecified atom stereocenters. The maximum Gasteiger partial charge on any atom is 0.408 e. The Morgan fingerprint density at radius 2 is 1.24 bits per heavy atom. The van der Waals surface area contributed by atoms with Gasteiger partial charge in [-0.3, -0.25) is 24.0 Å². The molecule has 2 aromatic carbocycles. The van der Waals surface area contributed by atoms with E-state index in [-0.39, 0.29) is 25.4 Å². The Labute approximate surface area is 263 Å². The maximum atomic E-state index is 13.0. The number of ether oxygens (including phenoxy) is 2.